The first-order valence-corrected chi connectivity index (χ1v) is 7.45. The fourth-order valence-corrected chi connectivity index (χ4v) is 4.21. The maximum Gasteiger partial charge on any atom is 0.119 e. The van der Waals surface area contributed by atoms with E-state index in [4.69, 9.17) is 4.74 Å². The van der Waals surface area contributed by atoms with Crippen LogP contribution in [0, 0.1) is 17.8 Å². The summed E-state index contributed by atoms with van der Waals surface area (Å²) in [6.07, 6.45) is 6.41. The maximum absolute atomic E-state index is 10.8. The van der Waals surface area contributed by atoms with Crippen molar-refractivity contribution in [3.63, 3.8) is 0 Å². The lowest BCUT2D eigenvalue weighted by molar-refractivity contribution is 0.0203. The van der Waals surface area contributed by atoms with Gasteiger partial charge in [0.05, 0.1) is 12.7 Å². The van der Waals surface area contributed by atoms with Gasteiger partial charge >= 0.3 is 0 Å². The summed E-state index contributed by atoms with van der Waals surface area (Å²) in [6.45, 7) is 1.95. The molecule has 19 heavy (non-hydrogen) atoms. The minimum atomic E-state index is -0.732. The molecule has 104 valence electrons. The molecule has 2 aliphatic rings. The molecule has 1 aromatic carbocycles. The van der Waals surface area contributed by atoms with Gasteiger partial charge in [0, 0.05) is 0 Å². The molecule has 4 atom stereocenters. The van der Waals surface area contributed by atoms with Crippen LogP contribution in [-0.4, -0.2) is 12.2 Å². The summed E-state index contributed by atoms with van der Waals surface area (Å²) < 4.78 is 5.26. The molecule has 0 aromatic heterocycles. The molecule has 0 radical (unpaired) electrons. The van der Waals surface area contributed by atoms with E-state index in [0.717, 1.165) is 29.6 Å². The Kier molecular flexibility index (Phi) is 3.30. The van der Waals surface area contributed by atoms with Crippen molar-refractivity contribution < 1.29 is 9.84 Å². The van der Waals surface area contributed by atoms with E-state index in [-0.39, 0.29) is 0 Å². The first-order chi connectivity index (χ1) is 9.08. The highest BCUT2D eigenvalue weighted by Crippen LogP contribution is 2.51. The first kappa shape index (κ1) is 13.0. The van der Waals surface area contributed by atoms with Gasteiger partial charge in [0.2, 0.25) is 0 Å². The zero-order chi connectivity index (χ0) is 13.5. The van der Waals surface area contributed by atoms with Crippen LogP contribution in [0.5, 0.6) is 5.75 Å². The zero-order valence-electron chi connectivity index (χ0n) is 11.9. The number of rotatable bonds is 4. The van der Waals surface area contributed by atoms with E-state index in [0.29, 0.717) is 5.92 Å². The molecule has 0 aliphatic heterocycles. The fourth-order valence-electron chi connectivity index (χ4n) is 4.21. The van der Waals surface area contributed by atoms with E-state index in [9.17, 15) is 5.11 Å². The van der Waals surface area contributed by atoms with Crippen LogP contribution in [0.15, 0.2) is 24.3 Å². The fraction of sp³-hybridized carbons (Fsp3) is 0.647. The summed E-state index contributed by atoms with van der Waals surface area (Å²) in [7, 11) is 1.67. The van der Waals surface area contributed by atoms with Crippen molar-refractivity contribution in [1.29, 1.82) is 0 Å². The van der Waals surface area contributed by atoms with Gasteiger partial charge in [-0.05, 0) is 68.1 Å². The second-order valence-corrected chi connectivity index (χ2v) is 6.64. The minimum Gasteiger partial charge on any atom is -0.497 e. The second-order valence-electron chi connectivity index (χ2n) is 6.64. The van der Waals surface area contributed by atoms with Crippen LogP contribution < -0.4 is 4.74 Å². The average molecular weight is 260 g/mol. The van der Waals surface area contributed by atoms with Gasteiger partial charge in [-0.2, -0.15) is 0 Å². The predicted molar refractivity (Wildman–Crippen MR) is 76.1 cm³/mol. The molecule has 3 rings (SSSR count). The predicted octanol–water partition coefficient (Wildman–Crippen LogP) is 3.73. The van der Waals surface area contributed by atoms with Crippen molar-refractivity contribution in [3.8, 4) is 5.75 Å². The monoisotopic (exact) mass is 260 g/mol. The summed E-state index contributed by atoms with van der Waals surface area (Å²) in [6, 6.07) is 7.86. The topological polar surface area (TPSA) is 29.5 Å². The number of benzene rings is 1. The summed E-state index contributed by atoms with van der Waals surface area (Å²) in [4.78, 5) is 0. The molecule has 0 saturated heterocycles. The third-order valence-corrected chi connectivity index (χ3v) is 5.24. The highest BCUT2D eigenvalue weighted by Gasteiger charge is 2.42. The average Bonchev–Trinajstić information content (AvgIpc) is 3.00. The number of ether oxygens (including phenoxy) is 1. The van der Waals surface area contributed by atoms with E-state index in [2.05, 4.69) is 0 Å². The van der Waals surface area contributed by atoms with Crippen molar-refractivity contribution in [2.24, 2.45) is 17.8 Å². The Morgan fingerprint density at radius 1 is 1.32 bits per heavy atom. The van der Waals surface area contributed by atoms with Gasteiger partial charge in [-0.15, -0.1) is 0 Å². The van der Waals surface area contributed by atoms with E-state index in [1.54, 1.807) is 7.11 Å². The van der Waals surface area contributed by atoms with Gasteiger partial charge in [-0.25, -0.2) is 0 Å². The molecule has 2 fully saturated rings. The summed E-state index contributed by atoms with van der Waals surface area (Å²) in [5, 5.41) is 10.8. The minimum absolute atomic E-state index is 0.708. The molecule has 4 unspecified atom stereocenters. The SMILES string of the molecule is COc1cccc(C(C)(O)CC2CC3CCC2C3)c1. The van der Waals surface area contributed by atoms with Gasteiger partial charge < -0.3 is 9.84 Å². The highest BCUT2D eigenvalue weighted by atomic mass is 16.5. The van der Waals surface area contributed by atoms with E-state index in [1.807, 2.05) is 31.2 Å². The largest absolute Gasteiger partial charge is 0.497 e. The standard InChI is InChI=1S/C17H24O2/c1-17(18,15-4-3-5-16(10-15)19-2)11-14-9-12-6-7-13(14)8-12/h3-5,10,12-14,18H,6-9,11H2,1-2H3. The van der Waals surface area contributed by atoms with Crippen LogP contribution in [-0.2, 0) is 5.60 Å². The number of hydrogen-bond acceptors (Lipinski definition) is 2. The van der Waals surface area contributed by atoms with Crippen LogP contribution in [0.25, 0.3) is 0 Å². The summed E-state index contributed by atoms with van der Waals surface area (Å²) in [5.74, 6) is 3.34. The molecule has 2 bridgehead atoms. The Hall–Kier alpha value is -1.02. The van der Waals surface area contributed by atoms with Crippen LogP contribution in [0.2, 0.25) is 0 Å². The number of fused-ring (bicyclic) bond motifs is 2. The second kappa shape index (κ2) is 4.82. The Labute approximate surface area is 115 Å². The lowest BCUT2D eigenvalue weighted by atomic mass is 9.78. The van der Waals surface area contributed by atoms with E-state index >= 15 is 0 Å². The Morgan fingerprint density at radius 3 is 2.79 bits per heavy atom. The Bertz CT molecular complexity index is 452. The summed E-state index contributed by atoms with van der Waals surface area (Å²) >= 11 is 0. The quantitative estimate of drug-likeness (QED) is 0.894. The maximum atomic E-state index is 10.8. The molecule has 2 saturated carbocycles. The van der Waals surface area contributed by atoms with Gasteiger partial charge in [0.25, 0.3) is 0 Å². The summed E-state index contributed by atoms with van der Waals surface area (Å²) in [5.41, 5.74) is 0.249. The lowest BCUT2D eigenvalue weighted by Gasteiger charge is -2.31. The Balaban J connectivity index is 1.74. The van der Waals surface area contributed by atoms with Crippen molar-refractivity contribution in [1.82, 2.24) is 0 Å². The molecule has 2 aliphatic carbocycles. The molecule has 2 nitrogen and oxygen atoms in total. The van der Waals surface area contributed by atoms with Gasteiger partial charge in [0.1, 0.15) is 5.75 Å². The van der Waals surface area contributed by atoms with Crippen molar-refractivity contribution in [3.05, 3.63) is 29.8 Å². The van der Waals surface area contributed by atoms with Crippen molar-refractivity contribution in [2.75, 3.05) is 7.11 Å². The van der Waals surface area contributed by atoms with Crippen LogP contribution in [0.3, 0.4) is 0 Å². The first-order valence-electron chi connectivity index (χ1n) is 7.45. The molecular formula is C17H24O2. The molecule has 1 aromatic rings. The van der Waals surface area contributed by atoms with Crippen LogP contribution >= 0.6 is 0 Å². The molecule has 0 heterocycles. The molecular weight excluding hydrogens is 236 g/mol. The third kappa shape index (κ3) is 2.51. The Morgan fingerprint density at radius 2 is 2.16 bits per heavy atom. The van der Waals surface area contributed by atoms with Crippen molar-refractivity contribution >= 4 is 0 Å². The highest BCUT2D eigenvalue weighted by molar-refractivity contribution is 5.32. The normalized spacial score (nSPS) is 32.3. The van der Waals surface area contributed by atoms with E-state index < -0.39 is 5.60 Å². The van der Waals surface area contributed by atoms with Gasteiger partial charge in [-0.3, -0.25) is 0 Å². The van der Waals surface area contributed by atoms with Gasteiger partial charge in [-0.1, -0.05) is 18.6 Å². The molecule has 2 heteroatoms. The number of hydrogen-bond donors (Lipinski definition) is 1. The lowest BCUT2D eigenvalue weighted by Crippen LogP contribution is -2.27. The number of methoxy groups -OCH3 is 1. The van der Waals surface area contributed by atoms with Crippen LogP contribution in [0.1, 0.15) is 44.6 Å². The third-order valence-electron chi connectivity index (χ3n) is 5.24. The molecule has 0 spiro atoms. The van der Waals surface area contributed by atoms with Gasteiger partial charge in [0.15, 0.2) is 0 Å². The molecule has 0 amide bonds. The van der Waals surface area contributed by atoms with Crippen molar-refractivity contribution in [2.45, 2.75) is 44.6 Å². The molecule has 1 N–H and O–H groups in total. The van der Waals surface area contributed by atoms with E-state index in [1.165, 1.54) is 25.7 Å². The van der Waals surface area contributed by atoms with Crippen LogP contribution in [0.4, 0.5) is 0 Å². The number of aliphatic hydroxyl groups is 1. The smallest absolute Gasteiger partial charge is 0.119 e. The zero-order valence-corrected chi connectivity index (χ0v) is 11.9.